The lowest BCUT2D eigenvalue weighted by Crippen LogP contribution is -2.28. The summed E-state index contributed by atoms with van der Waals surface area (Å²) in [5.74, 6) is -0.398. The lowest BCUT2D eigenvalue weighted by molar-refractivity contribution is 0.0920. The number of aliphatic hydroxyl groups excluding tert-OH is 1. The monoisotopic (exact) mass is 340 g/mol. The van der Waals surface area contributed by atoms with Crippen molar-refractivity contribution in [1.82, 2.24) is 5.32 Å². The molecule has 1 unspecified atom stereocenters. The molecule has 1 aromatic carbocycles. The predicted molar refractivity (Wildman–Crippen MR) is 82.8 cm³/mol. The van der Waals surface area contributed by atoms with Gasteiger partial charge in [0.1, 0.15) is 10.9 Å². The summed E-state index contributed by atoms with van der Waals surface area (Å²) in [6.07, 6.45) is -0.954. The minimum Gasteiger partial charge on any atom is -0.387 e. The maximum atomic E-state index is 11.9. The number of thiophene rings is 1. The van der Waals surface area contributed by atoms with E-state index in [0.29, 0.717) is 26.0 Å². The molecule has 0 aliphatic heterocycles. The zero-order chi connectivity index (χ0) is 15.4. The number of hydrogen-bond donors (Lipinski definition) is 2. The van der Waals surface area contributed by atoms with Crippen LogP contribution in [0, 0.1) is 11.3 Å². The number of nitrogens with zero attached hydrogens (tertiary/aromatic N) is 1. The van der Waals surface area contributed by atoms with Crippen LogP contribution in [0.25, 0.3) is 0 Å². The van der Waals surface area contributed by atoms with Crippen molar-refractivity contribution in [1.29, 1.82) is 5.26 Å². The molecule has 2 rings (SSSR count). The Kier molecular flexibility index (Phi) is 5.21. The highest BCUT2D eigenvalue weighted by Crippen LogP contribution is 2.26. The Morgan fingerprint density at radius 1 is 1.43 bits per heavy atom. The minimum atomic E-state index is -0.954. The summed E-state index contributed by atoms with van der Waals surface area (Å²) >= 11 is 12.9. The van der Waals surface area contributed by atoms with Gasteiger partial charge in [0.2, 0.25) is 0 Å². The van der Waals surface area contributed by atoms with E-state index in [1.807, 2.05) is 6.07 Å². The Bertz CT molecular complexity index is 709. The van der Waals surface area contributed by atoms with Gasteiger partial charge in [-0.05, 0) is 23.6 Å². The number of carbonyl (C=O) groups excluding carboxylic acids is 1. The Balaban J connectivity index is 2.03. The zero-order valence-corrected chi connectivity index (χ0v) is 13.0. The minimum absolute atomic E-state index is 0.0110. The van der Waals surface area contributed by atoms with Crippen molar-refractivity contribution >= 4 is 40.4 Å². The number of benzene rings is 1. The van der Waals surface area contributed by atoms with Crippen molar-refractivity contribution in [3.05, 3.63) is 55.7 Å². The largest absolute Gasteiger partial charge is 0.387 e. The lowest BCUT2D eigenvalue weighted by atomic mass is 10.1. The van der Waals surface area contributed by atoms with Crippen LogP contribution >= 0.6 is 34.5 Å². The summed E-state index contributed by atoms with van der Waals surface area (Å²) < 4.78 is 0. The van der Waals surface area contributed by atoms with Crippen molar-refractivity contribution in [2.75, 3.05) is 6.54 Å². The van der Waals surface area contributed by atoms with Crippen molar-refractivity contribution in [2.45, 2.75) is 6.10 Å². The summed E-state index contributed by atoms with van der Waals surface area (Å²) in [6, 6.07) is 8.26. The van der Waals surface area contributed by atoms with E-state index in [9.17, 15) is 9.90 Å². The number of hydrogen-bond acceptors (Lipinski definition) is 4. The average molecular weight is 341 g/mol. The van der Waals surface area contributed by atoms with E-state index in [-0.39, 0.29) is 6.54 Å². The third-order valence-corrected chi connectivity index (χ3v) is 4.24. The molecular weight excluding hydrogens is 331 g/mol. The summed E-state index contributed by atoms with van der Waals surface area (Å²) in [5.41, 5.74) is 0.796. The van der Waals surface area contributed by atoms with E-state index >= 15 is 0 Å². The summed E-state index contributed by atoms with van der Waals surface area (Å²) in [5, 5.41) is 24.0. The lowest BCUT2D eigenvalue weighted by Gasteiger charge is -2.13. The van der Waals surface area contributed by atoms with Gasteiger partial charge in [-0.25, -0.2) is 0 Å². The molecule has 7 heteroatoms. The third-order valence-electron chi connectivity index (χ3n) is 2.77. The first-order valence-electron chi connectivity index (χ1n) is 5.91. The molecule has 0 bridgehead atoms. The van der Waals surface area contributed by atoms with Gasteiger partial charge in [0.25, 0.3) is 5.91 Å². The highest BCUT2D eigenvalue weighted by molar-refractivity contribution is 7.12. The SMILES string of the molecule is N#Cc1ccsc1C(=O)NCC(O)c1ccc(Cl)cc1Cl. The van der Waals surface area contributed by atoms with Crippen LogP contribution < -0.4 is 5.32 Å². The van der Waals surface area contributed by atoms with Crippen LogP contribution in [0.4, 0.5) is 0 Å². The maximum absolute atomic E-state index is 11.9. The second kappa shape index (κ2) is 6.92. The Morgan fingerprint density at radius 2 is 2.19 bits per heavy atom. The van der Waals surface area contributed by atoms with Gasteiger partial charge in [-0.15, -0.1) is 11.3 Å². The molecule has 1 amide bonds. The number of carbonyl (C=O) groups is 1. The van der Waals surface area contributed by atoms with Crippen LogP contribution in [0.2, 0.25) is 10.0 Å². The van der Waals surface area contributed by atoms with Crippen molar-refractivity contribution in [2.24, 2.45) is 0 Å². The van der Waals surface area contributed by atoms with Crippen LogP contribution in [0.15, 0.2) is 29.6 Å². The van der Waals surface area contributed by atoms with E-state index in [0.717, 1.165) is 0 Å². The molecule has 0 fully saturated rings. The topological polar surface area (TPSA) is 73.1 Å². The van der Waals surface area contributed by atoms with Gasteiger partial charge in [-0.2, -0.15) is 5.26 Å². The highest BCUT2D eigenvalue weighted by Gasteiger charge is 2.16. The van der Waals surface area contributed by atoms with E-state index in [4.69, 9.17) is 28.5 Å². The fraction of sp³-hybridized carbons (Fsp3) is 0.143. The summed E-state index contributed by atoms with van der Waals surface area (Å²) in [7, 11) is 0. The standard InChI is InChI=1S/C14H10Cl2N2O2S/c15-9-1-2-10(11(16)5-9)12(19)7-18-14(20)13-8(6-17)3-4-21-13/h1-5,12,19H,7H2,(H,18,20). The molecular formula is C14H10Cl2N2O2S. The molecule has 0 aliphatic carbocycles. The number of nitriles is 1. The molecule has 0 radical (unpaired) electrons. The Morgan fingerprint density at radius 3 is 2.86 bits per heavy atom. The quantitative estimate of drug-likeness (QED) is 0.895. The highest BCUT2D eigenvalue weighted by atomic mass is 35.5. The zero-order valence-electron chi connectivity index (χ0n) is 10.6. The van der Waals surface area contributed by atoms with Crippen LogP contribution in [0.1, 0.15) is 26.9 Å². The fourth-order valence-corrected chi connectivity index (χ4v) is 3.02. The Hall–Kier alpha value is -1.58. The van der Waals surface area contributed by atoms with Gasteiger partial charge < -0.3 is 10.4 Å². The van der Waals surface area contributed by atoms with Crippen LogP contribution in [-0.2, 0) is 0 Å². The summed E-state index contributed by atoms with van der Waals surface area (Å²) in [4.78, 5) is 12.3. The second-order valence-electron chi connectivity index (χ2n) is 4.17. The smallest absolute Gasteiger partial charge is 0.262 e. The normalized spacial score (nSPS) is 11.7. The molecule has 0 spiro atoms. The molecule has 1 heterocycles. The van der Waals surface area contributed by atoms with Gasteiger partial charge in [-0.3, -0.25) is 4.79 Å². The van der Waals surface area contributed by atoms with Crippen molar-refractivity contribution in [3.8, 4) is 6.07 Å². The number of nitrogens with one attached hydrogen (secondary N) is 1. The number of halogens is 2. The average Bonchev–Trinajstić information content (AvgIpc) is 2.92. The van der Waals surface area contributed by atoms with Crippen molar-refractivity contribution < 1.29 is 9.90 Å². The van der Waals surface area contributed by atoms with E-state index in [1.165, 1.54) is 17.4 Å². The molecule has 4 nitrogen and oxygen atoms in total. The molecule has 2 aromatic rings. The Labute approximate surface area is 135 Å². The molecule has 2 N–H and O–H groups in total. The first-order valence-corrected chi connectivity index (χ1v) is 7.55. The molecule has 1 atom stereocenters. The van der Waals surface area contributed by atoms with Crippen LogP contribution in [0.5, 0.6) is 0 Å². The number of aliphatic hydroxyl groups is 1. The second-order valence-corrected chi connectivity index (χ2v) is 5.93. The van der Waals surface area contributed by atoms with E-state index in [1.54, 1.807) is 23.6 Å². The van der Waals surface area contributed by atoms with Gasteiger partial charge in [-0.1, -0.05) is 29.3 Å². The molecule has 0 saturated heterocycles. The molecule has 0 aliphatic rings. The van der Waals surface area contributed by atoms with Gasteiger partial charge in [0, 0.05) is 22.2 Å². The maximum Gasteiger partial charge on any atom is 0.262 e. The van der Waals surface area contributed by atoms with Gasteiger partial charge in [0.15, 0.2) is 0 Å². The van der Waals surface area contributed by atoms with Gasteiger partial charge in [0.05, 0.1) is 11.7 Å². The first-order chi connectivity index (χ1) is 10.0. The fourth-order valence-electron chi connectivity index (χ4n) is 1.72. The first kappa shape index (κ1) is 15.8. The van der Waals surface area contributed by atoms with E-state index < -0.39 is 12.0 Å². The molecule has 21 heavy (non-hydrogen) atoms. The van der Waals surface area contributed by atoms with E-state index in [2.05, 4.69) is 5.32 Å². The van der Waals surface area contributed by atoms with Crippen LogP contribution in [-0.4, -0.2) is 17.6 Å². The summed E-state index contributed by atoms with van der Waals surface area (Å²) in [6.45, 7) is -0.0110. The third kappa shape index (κ3) is 3.74. The molecule has 108 valence electrons. The van der Waals surface area contributed by atoms with Gasteiger partial charge >= 0.3 is 0 Å². The number of rotatable bonds is 4. The predicted octanol–water partition coefficient (Wildman–Crippen LogP) is 3.39. The number of amides is 1. The molecule has 0 saturated carbocycles. The van der Waals surface area contributed by atoms with Crippen molar-refractivity contribution in [3.63, 3.8) is 0 Å². The van der Waals surface area contributed by atoms with Crippen LogP contribution in [0.3, 0.4) is 0 Å². The molecule has 1 aromatic heterocycles.